The minimum absolute atomic E-state index is 0.253. The molecule has 0 N–H and O–H groups in total. The minimum atomic E-state index is -0.254. The van der Waals surface area contributed by atoms with Crippen molar-refractivity contribution in [3.63, 3.8) is 0 Å². The Kier molecular flexibility index (Phi) is 1.49. The van der Waals surface area contributed by atoms with E-state index in [9.17, 15) is 4.79 Å². The summed E-state index contributed by atoms with van der Waals surface area (Å²) in [5.41, 5.74) is 0.320. The Balaban J connectivity index is 2.66. The summed E-state index contributed by atoms with van der Waals surface area (Å²) in [4.78, 5) is 27.9. The van der Waals surface area contributed by atoms with Crippen molar-refractivity contribution in [2.45, 2.75) is 0 Å². The first kappa shape index (κ1) is 7.98. The molecule has 3 heterocycles. The highest BCUT2D eigenvalue weighted by molar-refractivity contribution is 5.69. The fourth-order valence-corrected chi connectivity index (χ4v) is 1.38. The van der Waals surface area contributed by atoms with Crippen LogP contribution in [0.25, 0.3) is 16.9 Å². The molecule has 0 amide bonds. The lowest BCUT2D eigenvalue weighted by Crippen LogP contribution is -2.17. The molecule has 0 fully saturated rings. The fraction of sp³-hybridized carbons (Fsp3) is 0. The van der Waals surface area contributed by atoms with E-state index in [1.54, 1.807) is 18.5 Å². The molecule has 0 aliphatic carbocycles. The molecule has 0 aromatic carbocycles. The maximum Gasteiger partial charge on any atom is 0.287 e. The predicted molar refractivity (Wildman–Crippen MR) is 52.4 cm³/mol. The SMILES string of the molecule is O=c1c2nccnc2nc2ncccn12. The molecule has 0 unspecified atom stereocenters. The molecule has 6 heteroatoms. The van der Waals surface area contributed by atoms with E-state index in [2.05, 4.69) is 19.9 Å². The van der Waals surface area contributed by atoms with Crippen LogP contribution >= 0.6 is 0 Å². The van der Waals surface area contributed by atoms with Crippen LogP contribution in [0, 0.1) is 0 Å². The molecule has 0 aliphatic rings. The monoisotopic (exact) mass is 199 g/mol. The van der Waals surface area contributed by atoms with Crippen LogP contribution in [0.1, 0.15) is 0 Å². The van der Waals surface area contributed by atoms with Crippen molar-refractivity contribution in [2.24, 2.45) is 0 Å². The number of aromatic nitrogens is 5. The average Bonchev–Trinajstić information content (AvgIpc) is 2.30. The lowest BCUT2D eigenvalue weighted by Gasteiger charge is -1.98. The highest BCUT2D eigenvalue weighted by atomic mass is 16.1. The molecule has 0 atom stereocenters. The summed E-state index contributed by atoms with van der Waals surface area (Å²) >= 11 is 0. The van der Waals surface area contributed by atoms with E-state index in [4.69, 9.17) is 0 Å². The van der Waals surface area contributed by atoms with Gasteiger partial charge >= 0.3 is 0 Å². The van der Waals surface area contributed by atoms with Crippen LogP contribution < -0.4 is 5.56 Å². The van der Waals surface area contributed by atoms with Gasteiger partial charge in [0.1, 0.15) is 0 Å². The lowest BCUT2D eigenvalue weighted by molar-refractivity contribution is 1.00. The summed E-state index contributed by atoms with van der Waals surface area (Å²) in [5, 5.41) is 0. The average molecular weight is 199 g/mol. The van der Waals surface area contributed by atoms with Crippen molar-refractivity contribution in [1.82, 2.24) is 24.3 Å². The van der Waals surface area contributed by atoms with Crippen LogP contribution in [0.2, 0.25) is 0 Å². The molecule has 0 radical (unpaired) electrons. The van der Waals surface area contributed by atoms with Crippen molar-refractivity contribution < 1.29 is 0 Å². The van der Waals surface area contributed by atoms with Crippen molar-refractivity contribution in [3.8, 4) is 0 Å². The first-order chi connectivity index (χ1) is 7.36. The summed E-state index contributed by atoms with van der Waals surface area (Å²) < 4.78 is 1.34. The zero-order valence-corrected chi connectivity index (χ0v) is 7.53. The largest absolute Gasteiger partial charge is 0.287 e. The molecule has 0 bridgehead atoms. The van der Waals surface area contributed by atoms with Gasteiger partial charge in [-0.3, -0.25) is 4.79 Å². The van der Waals surface area contributed by atoms with Gasteiger partial charge in [-0.25, -0.2) is 19.4 Å². The van der Waals surface area contributed by atoms with E-state index in [1.165, 1.54) is 16.8 Å². The van der Waals surface area contributed by atoms with Gasteiger partial charge in [0.25, 0.3) is 5.56 Å². The maximum absolute atomic E-state index is 11.9. The van der Waals surface area contributed by atoms with Crippen molar-refractivity contribution in [2.75, 3.05) is 0 Å². The zero-order chi connectivity index (χ0) is 10.3. The molecule has 3 aromatic rings. The summed E-state index contributed by atoms with van der Waals surface area (Å²) in [6.07, 6.45) is 6.14. The molecule has 15 heavy (non-hydrogen) atoms. The van der Waals surface area contributed by atoms with Gasteiger partial charge in [-0.15, -0.1) is 0 Å². The van der Waals surface area contributed by atoms with Crippen molar-refractivity contribution >= 4 is 16.9 Å². The number of nitrogens with zero attached hydrogens (tertiary/aromatic N) is 5. The number of fused-ring (bicyclic) bond motifs is 2. The zero-order valence-electron chi connectivity index (χ0n) is 7.53. The van der Waals surface area contributed by atoms with Gasteiger partial charge in [0.2, 0.25) is 5.78 Å². The Morgan fingerprint density at radius 1 is 1.07 bits per heavy atom. The standard InChI is InChI=1S/C9H5N5O/c15-8-6-7(11-4-3-10-6)13-9-12-2-1-5-14(8)9/h1-5H. The smallest absolute Gasteiger partial charge is 0.266 e. The Hall–Kier alpha value is -2.37. The molecule has 72 valence electrons. The highest BCUT2D eigenvalue weighted by Crippen LogP contribution is 2.00. The number of rotatable bonds is 0. The minimum Gasteiger partial charge on any atom is -0.266 e. The van der Waals surface area contributed by atoms with Gasteiger partial charge in [0.15, 0.2) is 11.2 Å². The van der Waals surface area contributed by atoms with Crippen LogP contribution in [0.5, 0.6) is 0 Å². The predicted octanol–water partition coefficient (Wildman–Crippen LogP) is 0.0327. The van der Waals surface area contributed by atoms with Gasteiger partial charge in [0.05, 0.1) is 0 Å². The molecule has 0 aliphatic heterocycles. The molecule has 3 aromatic heterocycles. The van der Waals surface area contributed by atoms with Gasteiger partial charge < -0.3 is 0 Å². The Bertz CT molecular complexity index is 648. The normalized spacial score (nSPS) is 10.9. The van der Waals surface area contributed by atoms with Crippen molar-refractivity contribution in [3.05, 3.63) is 41.2 Å². The third-order valence-electron chi connectivity index (χ3n) is 2.03. The van der Waals surface area contributed by atoms with E-state index in [-0.39, 0.29) is 11.1 Å². The van der Waals surface area contributed by atoms with Crippen LogP contribution in [-0.2, 0) is 0 Å². The Morgan fingerprint density at radius 3 is 2.87 bits per heavy atom. The van der Waals surface area contributed by atoms with Crippen LogP contribution in [0.4, 0.5) is 0 Å². The van der Waals surface area contributed by atoms with Crippen molar-refractivity contribution in [1.29, 1.82) is 0 Å². The molecule has 0 saturated heterocycles. The second-order valence-electron chi connectivity index (χ2n) is 2.94. The number of hydrogen-bond acceptors (Lipinski definition) is 5. The molecule has 0 spiro atoms. The summed E-state index contributed by atoms with van der Waals surface area (Å²) in [6, 6.07) is 1.66. The highest BCUT2D eigenvalue weighted by Gasteiger charge is 2.06. The number of hydrogen-bond donors (Lipinski definition) is 0. The molecular formula is C9H5N5O. The molecule has 0 saturated carbocycles. The van der Waals surface area contributed by atoms with Gasteiger partial charge in [-0.05, 0) is 6.07 Å². The van der Waals surface area contributed by atoms with Gasteiger partial charge in [-0.1, -0.05) is 0 Å². The first-order valence-corrected chi connectivity index (χ1v) is 4.30. The Labute approximate surface area is 83.3 Å². The van der Waals surface area contributed by atoms with E-state index >= 15 is 0 Å². The molecular weight excluding hydrogens is 194 g/mol. The van der Waals surface area contributed by atoms with Gasteiger partial charge in [-0.2, -0.15) is 4.98 Å². The second-order valence-corrected chi connectivity index (χ2v) is 2.94. The second kappa shape index (κ2) is 2.81. The van der Waals surface area contributed by atoms with Crippen LogP contribution in [0.15, 0.2) is 35.6 Å². The van der Waals surface area contributed by atoms with Gasteiger partial charge in [0, 0.05) is 24.8 Å². The molecule has 3 rings (SSSR count). The quantitative estimate of drug-likeness (QED) is 0.477. The van der Waals surface area contributed by atoms with E-state index in [0.29, 0.717) is 11.4 Å². The van der Waals surface area contributed by atoms with E-state index < -0.39 is 0 Å². The Morgan fingerprint density at radius 2 is 1.93 bits per heavy atom. The lowest BCUT2D eigenvalue weighted by atomic mass is 10.5. The fourth-order valence-electron chi connectivity index (χ4n) is 1.38. The third-order valence-corrected chi connectivity index (χ3v) is 2.03. The first-order valence-electron chi connectivity index (χ1n) is 4.30. The van der Waals surface area contributed by atoms with Crippen LogP contribution in [-0.4, -0.2) is 24.3 Å². The summed E-state index contributed by atoms with van der Waals surface area (Å²) in [5.74, 6) is 0.329. The van der Waals surface area contributed by atoms with E-state index in [0.717, 1.165) is 0 Å². The summed E-state index contributed by atoms with van der Waals surface area (Å²) in [6.45, 7) is 0. The summed E-state index contributed by atoms with van der Waals surface area (Å²) in [7, 11) is 0. The van der Waals surface area contributed by atoms with Crippen LogP contribution in [0.3, 0.4) is 0 Å². The van der Waals surface area contributed by atoms with E-state index in [1.807, 2.05) is 0 Å². The third kappa shape index (κ3) is 1.08. The topological polar surface area (TPSA) is 73.0 Å². The molecule has 6 nitrogen and oxygen atoms in total. The maximum atomic E-state index is 11.9.